The second kappa shape index (κ2) is 8.88. The second-order valence-electron chi connectivity index (χ2n) is 5.85. The molecule has 7 nitrogen and oxygen atoms in total. The van der Waals surface area contributed by atoms with Gasteiger partial charge in [-0.25, -0.2) is 10.2 Å². The fraction of sp³-hybridized carbons (Fsp3) is 0.222. The van der Waals surface area contributed by atoms with E-state index in [4.69, 9.17) is 20.5 Å². The summed E-state index contributed by atoms with van der Waals surface area (Å²) in [5, 5.41) is 4.70. The van der Waals surface area contributed by atoms with E-state index in [0.29, 0.717) is 21.9 Å². The first-order valence-electron chi connectivity index (χ1n) is 7.94. The Balaban J connectivity index is 2.34. The molecule has 0 spiro atoms. The van der Waals surface area contributed by atoms with Crippen molar-refractivity contribution in [2.75, 3.05) is 6.26 Å². The molecule has 0 aliphatic rings. The van der Waals surface area contributed by atoms with Crippen molar-refractivity contribution in [1.82, 2.24) is 5.43 Å². The molecule has 0 heterocycles. The fourth-order valence-electron chi connectivity index (χ4n) is 2.09. The molecule has 0 radical (unpaired) electrons. The van der Waals surface area contributed by atoms with Crippen LogP contribution in [0, 0.1) is 0 Å². The molecule has 0 aromatic heterocycles. The Morgan fingerprint density at radius 1 is 1.04 bits per heavy atom. The minimum atomic E-state index is -3.62. The first kappa shape index (κ1) is 20.7. The number of nitrogens with zero attached hydrogens (tertiary/aromatic N) is 1. The molecule has 2 aromatic carbocycles. The van der Waals surface area contributed by atoms with Gasteiger partial charge in [-0.2, -0.15) is 13.5 Å². The van der Waals surface area contributed by atoms with E-state index in [1.165, 1.54) is 12.1 Å². The lowest BCUT2D eigenvalue weighted by Crippen LogP contribution is -2.24. The van der Waals surface area contributed by atoms with Gasteiger partial charge in [-0.15, -0.1) is 0 Å². The lowest BCUT2D eigenvalue weighted by molar-refractivity contribution is 0.116. The Kier molecular flexibility index (Phi) is 6.81. The molecule has 1 N–H and O–H groups in total. The number of rotatable bonds is 6. The third kappa shape index (κ3) is 6.92. The average molecular weight is 411 g/mol. The first-order valence-corrected chi connectivity index (χ1v) is 10.1. The molecular weight excluding hydrogens is 392 g/mol. The highest BCUT2D eigenvalue weighted by atomic mass is 35.5. The van der Waals surface area contributed by atoms with E-state index in [0.717, 1.165) is 6.26 Å². The van der Waals surface area contributed by atoms with Gasteiger partial charge in [0.1, 0.15) is 5.75 Å². The van der Waals surface area contributed by atoms with Crippen LogP contribution in [0.2, 0.25) is 5.02 Å². The monoisotopic (exact) mass is 410 g/mol. The van der Waals surface area contributed by atoms with Gasteiger partial charge >= 0.3 is 16.2 Å². The lowest BCUT2D eigenvalue weighted by Gasteiger charge is -2.11. The van der Waals surface area contributed by atoms with E-state index in [9.17, 15) is 13.2 Å². The summed E-state index contributed by atoms with van der Waals surface area (Å²) in [5.74, 6) is 0.170. The lowest BCUT2D eigenvalue weighted by atomic mass is 10.0. The smallest absolute Gasteiger partial charge is 0.428 e. The van der Waals surface area contributed by atoms with Gasteiger partial charge in [0.25, 0.3) is 0 Å². The van der Waals surface area contributed by atoms with Crippen molar-refractivity contribution in [3.05, 3.63) is 64.7 Å². The van der Waals surface area contributed by atoms with Crippen LogP contribution < -0.4 is 9.61 Å². The Labute approximate surface area is 163 Å². The van der Waals surface area contributed by atoms with Gasteiger partial charge in [0.15, 0.2) is 0 Å². The summed E-state index contributed by atoms with van der Waals surface area (Å²) in [6.45, 7) is 3.45. The quantitative estimate of drug-likeness (QED) is 0.446. The van der Waals surface area contributed by atoms with Crippen molar-refractivity contribution < 1.29 is 22.1 Å². The molecule has 27 heavy (non-hydrogen) atoms. The fourth-order valence-corrected chi connectivity index (χ4v) is 2.68. The standard InChI is InChI=1S/C18H19ClN2O5S/c1-12(2)25-18(22)21-20-17(13-4-8-15(19)9-5-13)14-6-10-16(11-7-14)26-27(3,23)24/h4-12H,1-3H3,(H,21,22). The minimum Gasteiger partial charge on any atom is -0.446 e. The maximum absolute atomic E-state index is 11.7. The summed E-state index contributed by atoms with van der Waals surface area (Å²) in [5.41, 5.74) is 4.11. The third-order valence-electron chi connectivity index (χ3n) is 3.09. The van der Waals surface area contributed by atoms with Crippen LogP contribution in [0.4, 0.5) is 4.79 Å². The van der Waals surface area contributed by atoms with E-state index in [2.05, 4.69) is 10.5 Å². The van der Waals surface area contributed by atoms with E-state index in [1.54, 1.807) is 50.2 Å². The molecular formula is C18H19ClN2O5S. The summed E-state index contributed by atoms with van der Waals surface area (Å²) in [6, 6.07) is 13.1. The van der Waals surface area contributed by atoms with Gasteiger partial charge in [0, 0.05) is 16.1 Å². The highest BCUT2D eigenvalue weighted by molar-refractivity contribution is 7.86. The maximum Gasteiger partial charge on any atom is 0.428 e. The van der Waals surface area contributed by atoms with Gasteiger partial charge in [-0.05, 0) is 50.2 Å². The summed E-state index contributed by atoms with van der Waals surface area (Å²) in [6.07, 6.45) is -0.00808. The van der Waals surface area contributed by atoms with Crippen LogP contribution in [0.15, 0.2) is 53.6 Å². The van der Waals surface area contributed by atoms with Crippen molar-refractivity contribution >= 4 is 33.5 Å². The number of hydrazone groups is 1. The van der Waals surface area contributed by atoms with Gasteiger partial charge in [-0.1, -0.05) is 23.7 Å². The molecule has 2 rings (SSSR count). The van der Waals surface area contributed by atoms with Crippen LogP contribution in [0.25, 0.3) is 0 Å². The van der Waals surface area contributed by atoms with Crippen LogP contribution in [0.1, 0.15) is 25.0 Å². The summed E-state index contributed by atoms with van der Waals surface area (Å²) in [7, 11) is -3.62. The number of halogens is 1. The Morgan fingerprint density at radius 3 is 2.04 bits per heavy atom. The Bertz CT molecular complexity index is 923. The molecule has 0 saturated heterocycles. The van der Waals surface area contributed by atoms with Gasteiger partial charge < -0.3 is 8.92 Å². The number of hydrogen-bond acceptors (Lipinski definition) is 6. The number of ether oxygens (including phenoxy) is 1. The topological polar surface area (TPSA) is 94.1 Å². The Morgan fingerprint density at radius 2 is 1.56 bits per heavy atom. The molecule has 2 aromatic rings. The highest BCUT2D eigenvalue weighted by Gasteiger charge is 2.11. The summed E-state index contributed by atoms with van der Waals surface area (Å²) < 4.78 is 32.3. The van der Waals surface area contributed by atoms with Gasteiger partial charge in [-0.3, -0.25) is 0 Å². The Hall–Kier alpha value is -2.58. The van der Waals surface area contributed by atoms with Crippen LogP contribution in [-0.2, 0) is 14.9 Å². The molecule has 0 aliphatic carbocycles. The predicted molar refractivity (Wildman–Crippen MR) is 104 cm³/mol. The molecule has 144 valence electrons. The molecule has 0 atom stereocenters. The zero-order chi connectivity index (χ0) is 20.0. The normalized spacial score (nSPS) is 12.0. The summed E-state index contributed by atoms with van der Waals surface area (Å²) in [4.78, 5) is 11.7. The molecule has 0 bridgehead atoms. The SMILES string of the molecule is CC(C)OC(=O)NN=C(c1ccc(Cl)cc1)c1ccc(OS(C)(=O)=O)cc1. The van der Waals surface area contributed by atoms with E-state index >= 15 is 0 Å². The molecule has 9 heteroatoms. The average Bonchev–Trinajstić information content (AvgIpc) is 2.56. The second-order valence-corrected chi connectivity index (χ2v) is 7.86. The van der Waals surface area contributed by atoms with E-state index in [-0.39, 0.29) is 11.9 Å². The van der Waals surface area contributed by atoms with Crippen LogP contribution >= 0.6 is 11.6 Å². The zero-order valence-corrected chi connectivity index (χ0v) is 16.5. The van der Waals surface area contributed by atoms with E-state index < -0.39 is 16.2 Å². The zero-order valence-electron chi connectivity index (χ0n) is 15.0. The van der Waals surface area contributed by atoms with Crippen LogP contribution in [0.3, 0.4) is 0 Å². The van der Waals surface area contributed by atoms with Crippen molar-refractivity contribution in [2.45, 2.75) is 20.0 Å². The van der Waals surface area contributed by atoms with Crippen molar-refractivity contribution in [3.8, 4) is 5.75 Å². The first-order chi connectivity index (χ1) is 12.6. The number of hydrogen-bond donors (Lipinski definition) is 1. The number of nitrogens with one attached hydrogen (secondary N) is 1. The van der Waals surface area contributed by atoms with Crippen LogP contribution in [-0.4, -0.2) is 32.6 Å². The molecule has 0 aliphatic heterocycles. The summed E-state index contributed by atoms with van der Waals surface area (Å²) >= 11 is 5.93. The molecule has 1 amide bonds. The molecule has 0 fully saturated rings. The molecule has 0 unspecified atom stereocenters. The molecule has 0 saturated carbocycles. The maximum atomic E-state index is 11.7. The van der Waals surface area contributed by atoms with E-state index in [1.807, 2.05) is 0 Å². The van der Waals surface area contributed by atoms with Crippen molar-refractivity contribution in [1.29, 1.82) is 0 Å². The van der Waals surface area contributed by atoms with Crippen molar-refractivity contribution in [3.63, 3.8) is 0 Å². The largest absolute Gasteiger partial charge is 0.446 e. The van der Waals surface area contributed by atoms with Crippen molar-refractivity contribution in [2.24, 2.45) is 5.10 Å². The van der Waals surface area contributed by atoms with Crippen LogP contribution in [0.5, 0.6) is 5.75 Å². The predicted octanol–water partition coefficient (Wildman–Crippen LogP) is 3.57. The number of benzene rings is 2. The van der Waals surface area contributed by atoms with Gasteiger partial charge in [0.2, 0.25) is 0 Å². The number of carbonyl (C=O) groups excluding carboxylic acids is 1. The van der Waals surface area contributed by atoms with Gasteiger partial charge in [0.05, 0.1) is 18.1 Å². The highest BCUT2D eigenvalue weighted by Crippen LogP contribution is 2.18. The minimum absolute atomic E-state index is 0.170. The number of amides is 1. The number of carbonyl (C=O) groups is 1. The third-order valence-corrected chi connectivity index (χ3v) is 3.84.